The first kappa shape index (κ1) is 12.5. The number of aromatic hydroxyl groups is 1. The molecular weight excluding hydrogens is 254 g/mol. The van der Waals surface area contributed by atoms with Gasteiger partial charge >= 0.3 is 0 Å². The van der Waals surface area contributed by atoms with E-state index in [0.717, 1.165) is 11.1 Å². The Morgan fingerprint density at radius 1 is 1.10 bits per heavy atom. The number of hydrogen-bond donors (Lipinski definition) is 2. The monoisotopic (exact) mass is 269 g/mol. The van der Waals surface area contributed by atoms with Crippen molar-refractivity contribution in [3.05, 3.63) is 53.6 Å². The molecule has 2 aromatic rings. The van der Waals surface area contributed by atoms with Gasteiger partial charge in [0.15, 0.2) is 0 Å². The summed E-state index contributed by atoms with van der Waals surface area (Å²) < 4.78 is 5.77. The maximum absolute atomic E-state index is 11.5. The van der Waals surface area contributed by atoms with Gasteiger partial charge in [0.05, 0.1) is 5.69 Å². The van der Waals surface area contributed by atoms with Crippen molar-refractivity contribution in [2.75, 3.05) is 5.32 Å². The second-order valence-corrected chi connectivity index (χ2v) is 4.76. The largest absolute Gasteiger partial charge is 0.508 e. The second-order valence-electron chi connectivity index (χ2n) is 4.76. The van der Waals surface area contributed by atoms with E-state index in [1.165, 1.54) is 0 Å². The average Bonchev–Trinajstić information content (AvgIpc) is 2.47. The molecule has 1 aliphatic rings. The van der Waals surface area contributed by atoms with Crippen LogP contribution >= 0.6 is 0 Å². The number of rotatable bonds is 3. The van der Waals surface area contributed by atoms with E-state index in [4.69, 9.17) is 4.74 Å². The summed E-state index contributed by atoms with van der Waals surface area (Å²) >= 11 is 0. The summed E-state index contributed by atoms with van der Waals surface area (Å²) in [6, 6.07) is 13.1. The zero-order valence-electron chi connectivity index (χ0n) is 10.9. The molecule has 2 aromatic carbocycles. The van der Waals surface area contributed by atoms with Gasteiger partial charge in [-0.2, -0.15) is 0 Å². The maximum Gasteiger partial charge on any atom is 0.224 e. The highest BCUT2D eigenvalue weighted by molar-refractivity contribution is 5.96. The number of ether oxygens (including phenoxy) is 1. The first-order valence-electron chi connectivity index (χ1n) is 6.55. The molecule has 0 saturated carbocycles. The minimum Gasteiger partial charge on any atom is -0.508 e. The number of nitrogens with one attached hydrogen (secondary N) is 1. The molecule has 0 unspecified atom stereocenters. The van der Waals surface area contributed by atoms with Crippen molar-refractivity contribution in [1.82, 2.24) is 0 Å². The van der Waals surface area contributed by atoms with Gasteiger partial charge < -0.3 is 15.2 Å². The Balaban J connectivity index is 1.85. The molecule has 1 heterocycles. The Morgan fingerprint density at radius 3 is 2.70 bits per heavy atom. The third-order valence-electron chi connectivity index (χ3n) is 3.35. The molecule has 3 rings (SSSR count). The third-order valence-corrected chi connectivity index (χ3v) is 3.35. The lowest BCUT2D eigenvalue weighted by atomic mass is 10.0. The molecule has 20 heavy (non-hydrogen) atoms. The summed E-state index contributed by atoms with van der Waals surface area (Å²) in [5, 5.41) is 12.6. The van der Waals surface area contributed by atoms with E-state index in [9.17, 15) is 9.90 Å². The van der Waals surface area contributed by atoms with Gasteiger partial charge in [-0.1, -0.05) is 30.3 Å². The number of amides is 1. The molecule has 0 aromatic heterocycles. The van der Waals surface area contributed by atoms with Crippen LogP contribution in [-0.2, 0) is 17.8 Å². The van der Waals surface area contributed by atoms with Crippen LogP contribution in [-0.4, -0.2) is 11.0 Å². The van der Waals surface area contributed by atoms with Gasteiger partial charge in [-0.3, -0.25) is 4.79 Å². The van der Waals surface area contributed by atoms with Crippen LogP contribution in [0.1, 0.15) is 17.5 Å². The molecule has 0 bridgehead atoms. The van der Waals surface area contributed by atoms with E-state index in [0.29, 0.717) is 30.9 Å². The van der Waals surface area contributed by atoms with Crippen molar-refractivity contribution < 1.29 is 14.6 Å². The van der Waals surface area contributed by atoms with E-state index in [-0.39, 0.29) is 11.7 Å². The molecular formula is C16H15NO3. The summed E-state index contributed by atoms with van der Waals surface area (Å²) in [5.41, 5.74) is 2.39. The number of hydrogen-bond acceptors (Lipinski definition) is 3. The number of fused-ring (bicyclic) bond motifs is 1. The quantitative estimate of drug-likeness (QED) is 0.900. The van der Waals surface area contributed by atoms with Crippen molar-refractivity contribution in [3.8, 4) is 11.5 Å². The van der Waals surface area contributed by atoms with Crippen molar-refractivity contribution >= 4 is 11.6 Å². The average molecular weight is 269 g/mol. The van der Waals surface area contributed by atoms with Crippen LogP contribution in [0.2, 0.25) is 0 Å². The summed E-state index contributed by atoms with van der Waals surface area (Å²) in [5.74, 6) is 0.745. The topological polar surface area (TPSA) is 58.6 Å². The highest BCUT2D eigenvalue weighted by Gasteiger charge is 2.21. The van der Waals surface area contributed by atoms with Crippen LogP contribution in [0.5, 0.6) is 11.5 Å². The van der Waals surface area contributed by atoms with Crippen molar-refractivity contribution in [3.63, 3.8) is 0 Å². The normalized spacial score (nSPS) is 13.5. The van der Waals surface area contributed by atoms with Gasteiger partial charge in [-0.05, 0) is 24.1 Å². The number of carbonyl (C=O) groups excluding carboxylic acids is 1. The van der Waals surface area contributed by atoms with E-state index < -0.39 is 0 Å². The van der Waals surface area contributed by atoms with Crippen LogP contribution in [0.4, 0.5) is 5.69 Å². The summed E-state index contributed by atoms with van der Waals surface area (Å²) in [7, 11) is 0. The molecule has 0 fully saturated rings. The van der Waals surface area contributed by atoms with Gasteiger partial charge in [0.25, 0.3) is 0 Å². The molecule has 2 N–H and O–H groups in total. The zero-order valence-corrected chi connectivity index (χ0v) is 10.9. The Morgan fingerprint density at radius 2 is 1.90 bits per heavy atom. The smallest absolute Gasteiger partial charge is 0.224 e. The van der Waals surface area contributed by atoms with Crippen LogP contribution in [0.15, 0.2) is 42.5 Å². The van der Waals surface area contributed by atoms with Crippen LogP contribution in [0.25, 0.3) is 0 Å². The van der Waals surface area contributed by atoms with Crippen molar-refractivity contribution in [2.45, 2.75) is 19.4 Å². The Kier molecular flexibility index (Phi) is 3.29. The molecule has 4 heteroatoms. The predicted molar refractivity (Wildman–Crippen MR) is 75.8 cm³/mol. The fraction of sp³-hybridized carbons (Fsp3) is 0.188. The van der Waals surface area contributed by atoms with Crippen LogP contribution in [0, 0.1) is 0 Å². The molecule has 1 amide bonds. The molecule has 102 valence electrons. The lowest BCUT2D eigenvalue weighted by Crippen LogP contribution is -2.19. The fourth-order valence-electron chi connectivity index (χ4n) is 2.30. The zero-order chi connectivity index (χ0) is 13.9. The van der Waals surface area contributed by atoms with Gasteiger partial charge in [0.1, 0.15) is 18.1 Å². The van der Waals surface area contributed by atoms with Crippen LogP contribution in [0.3, 0.4) is 0 Å². The summed E-state index contributed by atoms with van der Waals surface area (Å²) in [6.07, 6.45) is 0.929. The minimum atomic E-state index is -0.0485. The van der Waals surface area contributed by atoms with E-state index in [1.807, 2.05) is 30.3 Å². The van der Waals surface area contributed by atoms with Gasteiger partial charge in [0.2, 0.25) is 5.91 Å². The van der Waals surface area contributed by atoms with Gasteiger partial charge in [0, 0.05) is 12.0 Å². The SMILES string of the molecule is O=C1CCc2c(O)ccc(OCc3ccccc3)c2N1. The molecule has 1 aliphatic heterocycles. The second kappa shape index (κ2) is 5.25. The predicted octanol–water partition coefficient (Wildman–Crippen LogP) is 2.86. The molecule has 4 nitrogen and oxygen atoms in total. The summed E-state index contributed by atoms with van der Waals surface area (Å²) in [6.45, 7) is 0.425. The Bertz CT molecular complexity index is 638. The maximum atomic E-state index is 11.5. The standard InChI is InChI=1S/C16H15NO3/c18-13-7-8-14(16-12(13)6-9-15(19)17-16)20-10-11-4-2-1-3-5-11/h1-5,7-8,18H,6,9-10H2,(H,17,19). The highest BCUT2D eigenvalue weighted by atomic mass is 16.5. The van der Waals surface area contributed by atoms with Crippen molar-refractivity contribution in [1.29, 1.82) is 0 Å². The Hall–Kier alpha value is -2.49. The molecule has 0 spiro atoms. The van der Waals surface area contributed by atoms with Gasteiger partial charge in [-0.25, -0.2) is 0 Å². The van der Waals surface area contributed by atoms with Gasteiger partial charge in [-0.15, -0.1) is 0 Å². The van der Waals surface area contributed by atoms with Crippen LogP contribution < -0.4 is 10.1 Å². The summed E-state index contributed by atoms with van der Waals surface area (Å²) in [4.78, 5) is 11.5. The minimum absolute atomic E-state index is 0.0485. The number of anilines is 1. The highest BCUT2D eigenvalue weighted by Crippen LogP contribution is 2.38. The number of carbonyl (C=O) groups is 1. The van der Waals surface area contributed by atoms with E-state index in [1.54, 1.807) is 12.1 Å². The number of phenols is 1. The molecule has 0 saturated heterocycles. The Labute approximate surface area is 117 Å². The molecule has 0 aliphatic carbocycles. The molecule has 0 atom stereocenters. The lowest BCUT2D eigenvalue weighted by molar-refractivity contribution is -0.116. The fourth-order valence-corrected chi connectivity index (χ4v) is 2.30. The number of phenolic OH excluding ortho intramolecular Hbond substituents is 1. The van der Waals surface area contributed by atoms with E-state index in [2.05, 4.69) is 5.32 Å². The third kappa shape index (κ3) is 2.45. The first-order chi connectivity index (χ1) is 9.74. The first-order valence-corrected chi connectivity index (χ1v) is 6.55. The molecule has 0 radical (unpaired) electrons. The van der Waals surface area contributed by atoms with E-state index >= 15 is 0 Å². The number of benzene rings is 2. The lowest BCUT2D eigenvalue weighted by Gasteiger charge is -2.21. The van der Waals surface area contributed by atoms with Crippen molar-refractivity contribution in [2.24, 2.45) is 0 Å².